The van der Waals surface area contributed by atoms with Crippen LogP contribution in [0.1, 0.15) is 34.8 Å². The van der Waals surface area contributed by atoms with Gasteiger partial charge in [-0.25, -0.2) is 0 Å². The molecule has 2 amide bonds. The average Bonchev–Trinajstić information content (AvgIpc) is 3.54. The Bertz CT molecular complexity index is 1000. The van der Waals surface area contributed by atoms with E-state index in [0.29, 0.717) is 31.1 Å². The minimum Gasteiger partial charge on any atom is -0.483 e. The lowest BCUT2D eigenvalue weighted by Crippen LogP contribution is -2.42. The van der Waals surface area contributed by atoms with Crippen LogP contribution in [0.15, 0.2) is 22.9 Å². The maximum Gasteiger partial charge on any atom is 0.290 e. The number of carboxylic acid groups (broad SMARTS) is 1. The number of amides is 2. The van der Waals surface area contributed by atoms with Gasteiger partial charge in [-0.3, -0.25) is 19.1 Å². The predicted octanol–water partition coefficient (Wildman–Crippen LogP) is 0.396. The van der Waals surface area contributed by atoms with Crippen LogP contribution in [0.25, 0.3) is 0 Å². The summed E-state index contributed by atoms with van der Waals surface area (Å²) in [5.74, 6) is 0.954. The van der Waals surface area contributed by atoms with Crippen LogP contribution in [0.3, 0.4) is 0 Å². The van der Waals surface area contributed by atoms with E-state index in [1.54, 1.807) is 30.1 Å². The van der Waals surface area contributed by atoms with Crippen molar-refractivity contribution >= 4 is 18.3 Å². The first-order chi connectivity index (χ1) is 15.4. The van der Waals surface area contributed by atoms with Crippen LogP contribution >= 0.6 is 0 Å². The van der Waals surface area contributed by atoms with Gasteiger partial charge in [-0.15, -0.1) is 0 Å². The van der Waals surface area contributed by atoms with Crippen molar-refractivity contribution in [1.29, 1.82) is 0 Å². The van der Waals surface area contributed by atoms with Gasteiger partial charge in [0.15, 0.2) is 0 Å². The molecular formula is C21H27N5O6. The standard InChI is InChI=1S/C20H25N5O4.CH2O2/c1-12-7-13(29-23-12)8-18(26)25-10-15-14(17-3-5-20(15,11-25)28-17)9-21-19(27)16-4-6-22-24(16)2;2-1-3/h4,6-7,14-15,17H,3,5,8-11H2,1-2H3,(H,21,27);1H,(H,2,3)/t14-,15+,17+,20+;/m0./s1. The quantitative estimate of drug-likeness (QED) is 0.630. The van der Waals surface area contributed by atoms with Gasteiger partial charge in [0.05, 0.1) is 30.4 Å². The summed E-state index contributed by atoms with van der Waals surface area (Å²) in [5, 5.41) is 17.8. The second kappa shape index (κ2) is 8.73. The molecule has 3 fully saturated rings. The molecular weight excluding hydrogens is 418 g/mol. The third-order valence-electron chi connectivity index (χ3n) is 6.69. The Morgan fingerprint density at radius 2 is 2.22 bits per heavy atom. The van der Waals surface area contributed by atoms with Crippen LogP contribution in [-0.2, 0) is 27.8 Å². The molecule has 0 saturated carbocycles. The molecule has 2 aromatic heterocycles. The number of carbonyl (C=O) groups excluding carboxylic acids is 2. The van der Waals surface area contributed by atoms with E-state index >= 15 is 0 Å². The van der Waals surface area contributed by atoms with Gasteiger partial charge >= 0.3 is 0 Å². The number of fused-ring (bicyclic) bond motifs is 1. The van der Waals surface area contributed by atoms with Crippen LogP contribution in [0.5, 0.6) is 0 Å². The van der Waals surface area contributed by atoms with Gasteiger partial charge in [-0.05, 0) is 25.8 Å². The first-order valence-corrected chi connectivity index (χ1v) is 10.6. The first kappa shape index (κ1) is 22.0. The monoisotopic (exact) mass is 445 g/mol. The van der Waals surface area contributed by atoms with E-state index in [-0.39, 0.29) is 48.2 Å². The molecule has 4 atom stereocenters. The molecule has 5 rings (SSSR count). The third kappa shape index (κ3) is 3.99. The number of ether oxygens (including phenoxy) is 1. The molecule has 32 heavy (non-hydrogen) atoms. The van der Waals surface area contributed by atoms with Gasteiger partial charge < -0.3 is 24.6 Å². The molecule has 2 aromatic rings. The summed E-state index contributed by atoms with van der Waals surface area (Å²) in [7, 11) is 1.75. The molecule has 11 heteroatoms. The Labute approximate surface area is 184 Å². The normalized spacial score (nSPS) is 27.6. The highest BCUT2D eigenvalue weighted by Crippen LogP contribution is 2.54. The van der Waals surface area contributed by atoms with Crippen molar-refractivity contribution in [2.45, 2.75) is 37.9 Å². The van der Waals surface area contributed by atoms with Gasteiger partial charge in [0, 0.05) is 44.2 Å². The van der Waals surface area contributed by atoms with E-state index in [1.165, 1.54) is 0 Å². The lowest BCUT2D eigenvalue weighted by molar-refractivity contribution is -0.131. The van der Waals surface area contributed by atoms with E-state index in [0.717, 1.165) is 18.5 Å². The van der Waals surface area contributed by atoms with Crippen molar-refractivity contribution in [3.8, 4) is 0 Å². The predicted molar refractivity (Wildman–Crippen MR) is 110 cm³/mol. The van der Waals surface area contributed by atoms with E-state index in [4.69, 9.17) is 19.2 Å². The van der Waals surface area contributed by atoms with Crippen LogP contribution in [0.4, 0.5) is 0 Å². The summed E-state index contributed by atoms with van der Waals surface area (Å²) in [4.78, 5) is 35.5. The highest BCUT2D eigenvalue weighted by atomic mass is 16.5. The molecule has 0 unspecified atom stereocenters. The molecule has 3 aliphatic heterocycles. The Balaban J connectivity index is 0.000000775. The summed E-state index contributed by atoms with van der Waals surface area (Å²) in [6.45, 7) is 3.42. The van der Waals surface area contributed by atoms with Crippen LogP contribution in [0.2, 0.25) is 0 Å². The Kier molecular flexibility index (Phi) is 6.00. The maximum absolute atomic E-state index is 12.8. The molecule has 0 radical (unpaired) electrons. The number of hydrogen-bond donors (Lipinski definition) is 2. The van der Waals surface area contributed by atoms with Crippen molar-refractivity contribution in [1.82, 2.24) is 25.2 Å². The SMILES string of the molecule is Cc1cc(CC(=O)N2C[C@@H]3[C@H](CNC(=O)c4ccnn4C)[C@H]4CC[C@]3(C2)O4)on1.O=CO. The summed E-state index contributed by atoms with van der Waals surface area (Å²) in [6.07, 6.45) is 3.93. The van der Waals surface area contributed by atoms with Crippen molar-refractivity contribution in [2.75, 3.05) is 19.6 Å². The second-order valence-electron chi connectivity index (χ2n) is 8.57. The van der Waals surface area contributed by atoms with Crippen molar-refractivity contribution in [2.24, 2.45) is 18.9 Å². The van der Waals surface area contributed by atoms with Crippen LogP contribution in [-0.4, -0.2) is 74.6 Å². The zero-order valence-electron chi connectivity index (χ0n) is 18.1. The first-order valence-electron chi connectivity index (χ1n) is 10.6. The van der Waals surface area contributed by atoms with Gasteiger partial charge in [-0.1, -0.05) is 5.16 Å². The topological polar surface area (TPSA) is 140 Å². The number of carbonyl (C=O) groups is 3. The number of hydrogen-bond acceptors (Lipinski definition) is 7. The molecule has 5 heterocycles. The Morgan fingerprint density at radius 3 is 2.88 bits per heavy atom. The van der Waals surface area contributed by atoms with Crippen molar-refractivity contribution < 1.29 is 28.8 Å². The van der Waals surface area contributed by atoms with Crippen LogP contribution < -0.4 is 5.32 Å². The Morgan fingerprint density at radius 1 is 1.44 bits per heavy atom. The smallest absolute Gasteiger partial charge is 0.290 e. The van der Waals surface area contributed by atoms with Gasteiger partial charge in [0.1, 0.15) is 11.5 Å². The lowest BCUT2D eigenvalue weighted by Gasteiger charge is -2.29. The second-order valence-corrected chi connectivity index (χ2v) is 8.57. The average molecular weight is 445 g/mol. The molecule has 11 nitrogen and oxygen atoms in total. The van der Waals surface area contributed by atoms with E-state index < -0.39 is 0 Å². The van der Waals surface area contributed by atoms with Gasteiger partial charge in [0.25, 0.3) is 12.4 Å². The zero-order valence-corrected chi connectivity index (χ0v) is 18.1. The summed E-state index contributed by atoms with van der Waals surface area (Å²) >= 11 is 0. The van der Waals surface area contributed by atoms with Crippen molar-refractivity contribution in [3.63, 3.8) is 0 Å². The third-order valence-corrected chi connectivity index (χ3v) is 6.69. The molecule has 172 valence electrons. The van der Waals surface area contributed by atoms with E-state index in [9.17, 15) is 9.59 Å². The van der Waals surface area contributed by atoms with Crippen LogP contribution in [0, 0.1) is 18.8 Å². The number of likely N-dealkylation sites (tertiary alicyclic amines) is 1. The van der Waals surface area contributed by atoms with E-state index in [2.05, 4.69) is 15.6 Å². The Hall–Kier alpha value is -3.21. The largest absolute Gasteiger partial charge is 0.483 e. The fraction of sp³-hybridized carbons (Fsp3) is 0.571. The number of nitrogens with zero attached hydrogens (tertiary/aromatic N) is 4. The highest BCUT2D eigenvalue weighted by Gasteiger charge is 2.63. The van der Waals surface area contributed by atoms with Crippen molar-refractivity contribution in [3.05, 3.63) is 35.5 Å². The summed E-state index contributed by atoms with van der Waals surface area (Å²) < 4.78 is 13.1. The number of aromatic nitrogens is 3. The van der Waals surface area contributed by atoms with Gasteiger partial charge in [0.2, 0.25) is 5.91 Å². The summed E-state index contributed by atoms with van der Waals surface area (Å²) in [6, 6.07) is 3.50. The number of rotatable bonds is 5. The molecule has 0 aliphatic carbocycles. The molecule has 3 saturated heterocycles. The van der Waals surface area contributed by atoms with Gasteiger partial charge in [-0.2, -0.15) is 5.10 Å². The lowest BCUT2D eigenvalue weighted by atomic mass is 9.73. The zero-order chi connectivity index (χ0) is 22.9. The highest BCUT2D eigenvalue weighted by molar-refractivity contribution is 5.92. The fourth-order valence-electron chi connectivity index (χ4n) is 5.31. The number of aryl methyl sites for hydroxylation is 2. The maximum atomic E-state index is 12.8. The fourth-order valence-corrected chi connectivity index (χ4v) is 5.31. The molecule has 2 N–H and O–H groups in total. The molecule has 3 aliphatic rings. The molecule has 1 spiro atoms. The minimum absolute atomic E-state index is 0.0367. The summed E-state index contributed by atoms with van der Waals surface area (Å²) in [5.41, 5.74) is 1.05. The molecule has 0 aromatic carbocycles. The van der Waals surface area contributed by atoms with E-state index in [1.807, 2.05) is 11.8 Å². The minimum atomic E-state index is -0.264. The number of nitrogens with one attached hydrogen (secondary N) is 1. The molecule has 2 bridgehead atoms.